The first-order valence-corrected chi connectivity index (χ1v) is 12.9. The quantitative estimate of drug-likeness (QED) is 0.144. The van der Waals surface area contributed by atoms with E-state index in [9.17, 15) is 45.5 Å². The molecule has 6 N–H and O–H groups in total. The van der Waals surface area contributed by atoms with Crippen LogP contribution in [0.4, 0.5) is 36.4 Å². The number of hydrogen-bond acceptors (Lipinski definition) is 10. The Morgan fingerprint density at radius 3 is 2.43 bits per heavy atom. The van der Waals surface area contributed by atoms with Crippen LogP contribution in [0.1, 0.15) is 34.3 Å². The maximum absolute atomic E-state index is 15.2. The third-order valence-electron chi connectivity index (χ3n) is 6.55. The molecule has 0 saturated heterocycles. The summed E-state index contributed by atoms with van der Waals surface area (Å²) in [6.07, 6.45) is -7.12. The summed E-state index contributed by atoms with van der Waals surface area (Å²) < 4.78 is 102. The minimum Gasteiger partial charge on any atom is -0.435 e. The van der Waals surface area contributed by atoms with Gasteiger partial charge in [-0.3, -0.25) is 19.1 Å². The fraction of sp³-hybridized carbons (Fsp3) is 0.308. The lowest BCUT2D eigenvalue weighted by atomic mass is 9.87. The molecule has 0 radical (unpaired) electrons. The molecule has 4 rings (SSSR count). The number of aliphatic imine (C=N–C) groups is 1. The average molecular weight is 661 g/mol. The third kappa shape index (κ3) is 7.61. The summed E-state index contributed by atoms with van der Waals surface area (Å²) in [5.74, 6) is -11.0. The van der Waals surface area contributed by atoms with Crippen molar-refractivity contribution >= 4 is 46.3 Å². The van der Waals surface area contributed by atoms with E-state index in [1.54, 1.807) is 0 Å². The summed E-state index contributed by atoms with van der Waals surface area (Å²) in [4.78, 5) is 53.0. The molecule has 0 saturated carbocycles. The Kier molecular flexibility index (Phi) is 9.66. The van der Waals surface area contributed by atoms with Gasteiger partial charge in [0.2, 0.25) is 11.8 Å². The number of carbonyl (C=O) groups excluding carboxylic acids is 4. The molecular formula is C26H22F7N7O6. The van der Waals surface area contributed by atoms with E-state index in [4.69, 9.17) is 11.5 Å². The van der Waals surface area contributed by atoms with Gasteiger partial charge in [0.25, 0.3) is 0 Å². The summed E-state index contributed by atoms with van der Waals surface area (Å²) in [6, 6.07) is 2.37. The van der Waals surface area contributed by atoms with Crippen molar-refractivity contribution < 1.29 is 59.4 Å². The molecule has 1 aliphatic rings. The average Bonchev–Trinajstić information content (AvgIpc) is 3.37. The Balaban J connectivity index is 1.88. The number of primary amides is 2. The van der Waals surface area contributed by atoms with Crippen LogP contribution in [0.25, 0.3) is 10.9 Å². The second-order valence-electron chi connectivity index (χ2n) is 9.68. The third-order valence-corrected chi connectivity index (χ3v) is 6.55. The standard InChI is InChI=1S/C26H22F7N7O6/c27-11-7-36-25(37-8-11)39-17-3-10(21(34)42)4-18-15(17)9-38-40(18)20(22(35)43)14(6-19(41)46-23(44)26(31,32)33)13-5-12(45-24(29)30)1-2-16(13)28/h1-5,9,11,14,20,24H,6-8H2,(H2,34,42)(H2,35,43)(H2,36,37,39)/t14-,20?/m0/s1. The van der Waals surface area contributed by atoms with Gasteiger partial charge in [0.05, 0.1) is 36.9 Å². The van der Waals surface area contributed by atoms with Gasteiger partial charge in [-0.05, 0) is 35.9 Å². The van der Waals surface area contributed by atoms with Crippen molar-refractivity contribution in [3.05, 3.63) is 53.5 Å². The number of fused-ring (bicyclic) bond motifs is 1. The molecule has 3 aromatic rings. The van der Waals surface area contributed by atoms with Crippen LogP contribution in [0, 0.1) is 5.82 Å². The number of hydrogen-bond donors (Lipinski definition) is 4. The number of aromatic nitrogens is 2. The number of nitrogens with zero attached hydrogens (tertiary/aromatic N) is 3. The van der Waals surface area contributed by atoms with E-state index in [-0.39, 0.29) is 41.2 Å². The summed E-state index contributed by atoms with van der Waals surface area (Å²) in [5.41, 5.74) is 10.1. The van der Waals surface area contributed by atoms with Crippen LogP contribution in [-0.4, -0.2) is 71.5 Å². The molecule has 2 heterocycles. The van der Waals surface area contributed by atoms with Gasteiger partial charge in [0, 0.05) is 16.9 Å². The van der Waals surface area contributed by atoms with Crippen LogP contribution >= 0.6 is 0 Å². The Bertz CT molecular complexity index is 1710. The van der Waals surface area contributed by atoms with E-state index < -0.39 is 78.2 Å². The number of alkyl halides is 6. The molecule has 0 aliphatic carbocycles. The highest BCUT2D eigenvalue weighted by Gasteiger charge is 2.44. The summed E-state index contributed by atoms with van der Waals surface area (Å²) in [7, 11) is 0. The van der Waals surface area contributed by atoms with Crippen molar-refractivity contribution in [3.8, 4) is 5.75 Å². The largest absolute Gasteiger partial charge is 0.491 e. The van der Waals surface area contributed by atoms with Crippen LogP contribution in [0.5, 0.6) is 5.75 Å². The Morgan fingerprint density at radius 1 is 1.13 bits per heavy atom. The summed E-state index contributed by atoms with van der Waals surface area (Å²) in [6.45, 7) is -3.72. The number of anilines is 1. The number of amides is 2. The number of nitrogens with two attached hydrogens (primary N) is 2. The van der Waals surface area contributed by atoms with Gasteiger partial charge in [0.15, 0.2) is 5.96 Å². The van der Waals surface area contributed by atoms with E-state index in [0.29, 0.717) is 12.1 Å². The topological polar surface area (TPSA) is 193 Å². The SMILES string of the molecule is NC(=O)c1cc(NC2=NCC(F)CN2)c2cnn(C(C(N)=O)[C@@H](CC(=O)OC(=O)C(F)(F)F)c3cc(OC(F)F)ccc3F)c2c1. The Labute approximate surface area is 252 Å². The molecule has 13 nitrogen and oxygen atoms in total. The molecule has 1 aromatic heterocycles. The smallest absolute Gasteiger partial charge is 0.435 e. The zero-order chi connectivity index (χ0) is 33.9. The first-order valence-electron chi connectivity index (χ1n) is 12.9. The lowest BCUT2D eigenvalue weighted by molar-refractivity contribution is -0.202. The minimum atomic E-state index is -5.61. The van der Waals surface area contributed by atoms with Gasteiger partial charge in [-0.2, -0.15) is 27.1 Å². The molecule has 0 fully saturated rings. The number of rotatable bonds is 10. The molecule has 0 bridgehead atoms. The van der Waals surface area contributed by atoms with Gasteiger partial charge >= 0.3 is 24.7 Å². The second kappa shape index (κ2) is 13.3. The van der Waals surface area contributed by atoms with Crippen molar-refractivity contribution in [2.75, 3.05) is 18.4 Å². The highest BCUT2D eigenvalue weighted by atomic mass is 19.4. The van der Waals surface area contributed by atoms with Crippen molar-refractivity contribution in [2.24, 2.45) is 16.5 Å². The van der Waals surface area contributed by atoms with E-state index in [1.807, 2.05) is 0 Å². The molecule has 3 atom stereocenters. The lowest BCUT2D eigenvalue weighted by Crippen LogP contribution is -2.41. The van der Waals surface area contributed by atoms with Crippen molar-refractivity contribution in [2.45, 2.75) is 37.3 Å². The van der Waals surface area contributed by atoms with Crippen LogP contribution in [0.15, 0.2) is 41.5 Å². The molecule has 2 aromatic carbocycles. The first-order chi connectivity index (χ1) is 21.5. The highest BCUT2D eigenvalue weighted by molar-refractivity contribution is 6.07. The van der Waals surface area contributed by atoms with Crippen LogP contribution in [0.3, 0.4) is 0 Å². The molecule has 2 amide bonds. The molecule has 1 aliphatic heterocycles. The zero-order valence-corrected chi connectivity index (χ0v) is 23.0. The fourth-order valence-electron chi connectivity index (χ4n) is 4.59. The molecule has 20 heteroatoms. The summed E-state index contributed by atoms with van der Waals surface area (Å²) in [5, 5.41) is 9.67. The maximum Gasteiger partial charge on any atom is 0.491 e. The Hall–Kier alpha value is -5.43. The number of ether oxygens (including phenoxy) is 2. The van der Waals surface area contributed by atoms with Gasteiger partial charge in [-0.1, -0.05) is 0 Å². The molecule has 0 spiro atoms. The number of benzene rings is 2. The van der Waals surface area contributed by atoms with Gasteiger partial charge in [-0.15, -0.1) is 0 Å². The molecular weight excluding hydrogens is 639 g/mol. The number of halogens is 7. The number of nitrogens with one attached hydrogen (secondary N) is 2. The highest BCUT2D eigenvalue weighted by Crippen LogP contribution is 2.39. The maximum atomic E-state index is 15.2. The van der Waals surface area contributed by atoms with E-state index in [2.05, 4.69) is 30.2 Å². The monoisotopic (exact) mass is 661 g/mol. The molecule has 2 unspecified atom stereocenters. The number of guanidine groups is 1. The fourth-order valence-corrected chi connectivity index (χ4v) is 4.59. The second-order valence-corrected chi connectivity index (χ2v) is 9.68. The van der Waals surface area contributed by atoms with Gasteiger partial charge in [0.1, 0.15) is 23.8 Å². The van der Waals surface area contributed by atoms with Gasteiger partial charge in [-0.25, -0.2) is 18.6 Å². The van der Waals surface area contributed by atoms with Crippen LogP contribution < -0.4 is 26.8 Å². The first kappa shape index (κ1) is 33.5. The zero-order valence-electron chi connectivity index (χ0n) is 23.0. The summed E-state index contributed by atoms with van der Waals surface area (Å²) >= 11 is 0. The normalized spacial score (nSPS) is 16.3. The van der Waals surface area contributed by atoms with Crippen LogP contribution in [0.2, 0.25) is 0 Å². The van der Waals surface area contributed by atoms with Crippen LogP contribution in [-0.2, 0) is 19.1 Å². The van der Waals surface area contributed by atoms with E-state index in [0.717, 1.165) is 23.0 Å². The lowest BCUT2D eigenvalue weighted by Gasteiger charge is -2.26. The number of esters is 2. The minimum absolute atomic E-state index is 0.0730. The predicted molar refractivity (Wildman–Crippen MR) is 143 cm³/mol. The van der Waals surface area contributed by atoms with Crippen molar-refractivity contribution in [1.82, 2.24) is 15.1 Å². The van der Waals surface area contributed by atoms with E-state index >= 15 is 4.39 Å². The predicted octanol–water partition coefficient (Wildman–Crippen LogP) is 2.42. The Morgan fingerprint density at radius 2 is 1.85 bits per heavy atom. The van der Waals surface area contributed by atoms with Gasteiger partial charge < -0.3 is 31.6 Å². The van der Waals surface area contributed by atoms with Crippen molar-refractivity contribution in [3.63, 3.8) is 0 Å². The molecule has 46 heavy (non-hydrogen) atoms. The molecule has 246 valence electrons. The number of carbonyl (C=O) groups is 4. The van der Waals surface area contributed by atoms with E-state index in [1.165, 1.54) is 6.07 Å². The van der Waals surface area contributed by atoms with Crippen molar-refractivity contribution in [1.29, 1.82) is 0 Å².